The van der Waals surface area contributed by atoms with Crippen molar-refractivity contribution in [2.45, 2.75) is 45.4 Å². The molecule has 0 saturated heterocycles. The Bertz CT molecular complexity index is 1570. The highest BCUT2D eigenvalue weighted by molar-refractivity contribution is 7.80. The van der Waals surface area contributed by atoms with Crippen LogP contribution in [0.1, 0.15) is 32.8 Å². The summed E-state index contributed by atoms with van der Waals surface area (Å²) < 4.78 is 18.9. The van der Waals surface area contributed by atoms with Crippen molar-refractivity contribution in [1.29, 1.82) is 5.26 Å². The topological polar surface area (TPSA) is 169 Å². The number of ether oxygens (including phenoxy) is 3. The molecule has 0 radical (unpaired) electrons. The van der Waals surface area contributed by atoms with Crippen molar-refractivity contribution < 1.29 is 14.2 Å². The van der Waals surface area contributed by atoms with Crippen molar-refractivity contribution in [3.63, 3.8) is 0 Å². The number of hydrogen-bond donors (Lipinski definition) is 4. The number of thiazole rings is 1. The molecule has 0 aliphatic rings. The lowest BCUT2D eigenvalue weighted by Gasteiger charge is -2.20. The maximum atomic E-state index is 9.87. The zero-order chi connectivity index (χ0) is 32.2. The molecule has 0 fully saturated rings. The minimum absolute atomic E-state index is 0.0552. The van der Waals surface area contributed by atoms with E-state index < -0.39 is 0 Å². The van der Waals surface area contributed by atoms with Gasteiger partial charge in [-0.15, -0.1) is 15.3 Å². The number of benzene rings is 1. The number of azo groups is 1. The Hall–Kier alpha value is -3.88. The average Bonchev–Trinajstić information content (AvgIpc) is 3.64. The number of nitrogens with zero attached hydrogens (tertiary/aromatic N) is 8. The number of nitrogens with one attached hydrogen (secondary N) is 3. The molecule has 14 nitrogen and oxygen atoms in total. The van der Waals surface area contributed by atoms with Crippen molar-refractivity contribution in [2.75, 3.05) is 62.3 Å². The predicted molar refractivity (Wildman–Crippen MR) is 180 cm³/mol. The highest BCUT2D eigenvalue weighted by Crippen LogP contribution is 2.35. The molecule has 0 bridgehead atoms. The van der Waals surface area contributed by atoms with Gasteiger partial charge in [-0.25, -0.2) is 9.67 Å². The van der Waals surface area contributed by atoms with E-state index in [0.717, 1.165) is 16.6 Å². The van der Waals surface area contributed by atoms with Crippen LogP contribution in [-0.4, -0.2) is 89.3 Å². The van der Waals surface area contributed by atoms with Crippen LogP contribution < -0.4 is 16.0 Å². The summed E-state index contributed by atoms with van der Waals surface area (Å²) in [5.41, 5.74) is 1.45. The van der Waals surface area contributed by atoms with Gasteiger partial charge in [0.2, 0.25) is 16.9 Å². The standard InChI is InChI=1S/C29H39N11O3S2/c1-18(15-41-4)32-27-24(26(31-11-8-12-43-20(3)17-44)35-28(36-27)33-19(2)16-42-5)37-38-25-21(13-30)14-40(39-25)29-34-22-9-6-7-10-23(22)45-29/h6-7,9-10,14,18-20,44H,8,11-12,15-17H2,1-5H3,(H3,31,32,33,35,36). The molecule has 0 amide bonds. The second kappa shape index (κ2) is 17.0. The molecule has 1 aromatic carbocycles. The molecule has 45 heavy (non-hydrogen) atoms. The lowest BCUT2D eigenvalue weighted by molar-refractivity contribution is 0.0820. The van der Waals surface area contributed by atoms with Gasteiger partial charge in [0, 0.05) is 45.2 Å². The third-order valence-electron chi connectivity index (χ3n) is 6.29. The van der Waals surface area contributed by atoms with Crippen LogP contribution in [0.3, 0.4) is 0 Å². The molecule has 16 heteroatoms. The molecule has 3 N–H and O–H groups in total. The third kappa shape index (κ3) is 9.55. The summed E-state index contributed by atoms with van der Waals surface area (Å²) in [7, 11) is 3.27. The van der Waals surface area contributed by atoms with Crippen molar-refractivity contribution >= 4 is 63.3 Å². The molecule has 0 aliphatic carbocycles. The smallest absolute Gasteiger partial charge is 0.227 e. The van der Waals surface area contributed by atoms with Gasteiger partial charge < -0.3 is 30.2 Å². The maximum Gasteiger partial charge on any atom is 0.227 e. The Balaban J connectivity index is 1.69. The van der Waals surface area contributed by atoms with Gasteiger partial charge in [0.05, 0.1) is 35.7 Å². The highest BCUT2D eigenvalue weighted by atomic mass is 32.1. The molecule has 3 unspecified atom stereocenters. The Morgan fingerprint density at radius 2 is 1.76 bits per heavy atom. The van der Waals surface area contributed by atoms with E-state index in [1.54, 1.807) is 25.1 Å². The summed E-state index contributed by atoms with van der Waals surface area (Å²) in [4.78, 5) is 14.1. The molecule has 0 aliphatic heterocycles. The summed E-state index contributed by atoms with van der Waals surface area (Å²) >= 11 is 5.74. The first kappa shape index (κ1) is 34.0. The van der Waals surface area contributed by atoms with E-state index in [0.29, 0.717) is 60.5 Å². The van der Waals surface area contributed by atoms with Gasteiger partial charge in [0.15, 0.2) is 17.3 Å². The lowest BCUT2D eigenvalue weighted by atomic mass is 10.3. The highest BCUT2D eigenvalue weighted by Gasteiger charge is 2.19. The number of anilines is 3. The Kier molecular flexibility index (Phi) is 12.8. The summed E-state index contributed by atoms with van der Waals surface area (Å²) in [5.74, 6) is 2.04. The van der Waals surface area contributed by atoms with Crippen LogP contribution >= 0.6 is 24.0 Å². The van der Waals surface area contributed by atoms with Crippen LogP contribution in [-0.2, 0) is 14.2 Å². The number of rotatable bonds is 18. The fourth-order valence-electron chi connectivity index (χ4n) is 4.16. The van der Waals surface area contributed by atoms with Crippen LogP contribution in [0.4, 0.5) is 29.1 Å². The minimum Gasteiger partial charge on any atom is -0.383 e. The molecular weight excluding hydrogens is 615 g/mol. The quantitative estimate of drug-likeness (QED) is 0.0600. The number of aromatic nitrogens is 5. The number of para-hydroxylation sites is 1. The van der Waals surface area contributed by atoms with Gasteiger partial charge >= 0.3 is 0 Å². The van der Waals surface area contributed by atoms with Crippen LogP contribution in [0, 0.1) is 11.3 Å². The van der Waals surface area contributed by atoms with Crippen LogP contribution in [0.2, 0.25) is 0 Å². The molecule has 0 spiro atoms. The van der Waals surface area contributed by atoms with Gasteiger partial charge in [-0.05, 0) is 39.3 Å². The number of fused-ring (bicyclic) bond motifs is 1. The van der Waals surface area contributed by atoms with E-state index in [1.807, 2.05) is 45.0 Å². The molecule has 4 rings (SSSR count). The zero-order valence-electron chi connectivity index (χ0n) is 26.0. The summed E-state index contributed by atoms with van der Waals surface area (Å²) in [5, 5.41) is 34.0. The fourth-order valence-corrected chi connectivity index (χ4v) is 5.16. The van der Waals surface area contributed by atoms with Crippen LogP contribution in [0.15, 0.2) is 40.7 Å². The van der Waals surface area contributed by atoms with Crippen molar-refractivity contribution in [1.82, 2.24) is 24.7 Å². The SMILES string of the molecule is COCC(C)Nc1nc(NCCCOC(C)CS)c(N=Nc2nn(-c3nc4ccccc4s3)cc2C#N)c(NC(C)COC)n1. The van der Waals surface area contributed by atoms with Crippen molar-refractivity contribution in [3.8, 4) is 11.2 Å². The van der Waals surface area contributed by atoms with Crippen molar-refractivity contribution in [3.05, 3.63) is 36.0 Å². The minimum atomic E-state index is -0.111. The Morgan fingerprint density at radius 3 is 2.47 bits per heavy atom. The summed E-state index contributed by atoms with van der Waals surface area (Å²) in [6, 6.07) is 9.79. The van der Waals surface area contributed by atoms with Gasteiger partial charge in [-0.2, -0.15) is 27.9 Å². The molecule has 3 aromatic heterocycles. The van der Waals surface area contributed by atoms with E-state index in [4.69, 9.17) is 24.2 Å². The average molecular weight is 654 g/mol. The molecule has 0 saturated carbocycles. The first-order valence-electron chi connectivity index (χ1n) is 14.5. The van der Waals surface area contributed by atoms with E-state index in [9.17, 15) is 5.26 Å². The van der Waals surface area contributed by atoms with Crippen LogP contribution in [0.5, 0.6) is 0 Å². The maximum absolute atomic E-state index is 9.87. The van der Waals surface area contributed by atoms with E-state index in [1.165, 1.54) is 11.3 Å². The van der Waals surface area contributed by atoms with E-state index in [-0.39, 0.29) is 29.6 Å². The van der Waals surface area contributed by atoms with Gasteiger partial charge in [-0.1, -0.05) is 23.5 Å². The molecule has 3 atom stereocenters. The summed E-state index contributed by atoms with van der Waals surface area (Å²) in [6.45, 7) is 7.91. The van der Waals surface area contributed by atoms with Gasteiger partial charge in [-0.3, -0.25) is 0 Å². The first-order chi connectivity index (χ1) is 21.8. The Morgan fingerprint density at radius 1 is 1.02 bits per heavy atom. The predicted octanol–water partition coefficient (Wildman–Crippen LogP) is 5.59. The lowest BCUT2D eigenvalue weighted by Crippen LogP contribution is -2.25. The number of methoxy groups -OCH3 is 2. The van der Waals surface area contributed by atoms with E-state index >= 15 is 0 Å². The monoisotopic (exact) mass is 653 g/mol. The molecule has 3 heterocycles. The molecule has 4 aromatic rings. The van der Waals surface area contributed by atoms with E-state index in [2.05, 4.69) is 55.0 Å². The second-order valence-electron chi connectivity index (χ2n) is 10.3. The summed E-state index contributed by atoms with van der Waals surface area (Å²) in [6.07, 6.45) is 2.37. The van der Waals surface area contributed by atoms with Crippen molar-refractivity contribution in [2.24, 2.45) is 10.2 Å². The van der Waals surface area contributed by atoms with Gasteiger partial charge in [0.25, 0.3) is 0 Å². The largest absolute Gasteiger partial charge is 0.383 e. The fraction of sp³-hybridized carbons (Fsp3) is 0.483. The molecule has 240 valence electrons. The molecular formula is C29H39N11O3S2. The first-order valence-corrected chi connectivity index (χ1v) is 16.0. The number of hydrogen-bond acceptors (Lipinski definition) is 15. The normalized spacial score (nSPS) is 13.5. The van der Waals surface area contributed by atoms with Gasteiger partial charge in [0.1, 0.15) is 11.6 Å². The zero-order valence-corrected chi connectivity index (χ0v) is 27.7. The Labute approximate surface area is 272 Å². The second-order valence-corrected chi connectivity index (χ2v) is 11.7. The number of nitriles is 1. The number of thiol groups is 1. The van der Waals surface area contributed by atoms with Crippen LogP contribution in [0.25, 0.3) is 15.3 Å². The third-order valence-corrected chi connectivity index (χ3v) is 7.83.